The molecule has 0 saturated heterocycles. The van der Waals surface area contributed by atoms with Crippen molar-refractivity contribution in [3.05, 3.63) is 114 Å². The van der Waals surface area contributed by atoms with Gasteiger partial charge in [-0.3, -0.25) is 9.59 Å². The molecule has 0 heterocycles. The van der Waals surface area contributed by atoms with E-state index in [1.807, 2.05) is 72.8 Å². The number of amides is 1. The summed E-state index contributed by atoms with van der Waals surface area (Å²) in [5.41, 5.74) is 2.32. The Morgan fingerprint density at radius 1 is 0.786 bits per heavy atom. The van der Waals surface area contributed by atoms with E-state index in [0.29, 0.717) is 12.1 Å². The molecule has 138 valence electrons. The number of carbonyl (C=O) groups excluding carboxylic acids is 2. The summed E-state index contributed by atoms with van der Waals surface area (Å²) < 4.78 is 0. The van der Waals surface area contributed by atoms with Gasteiger partial charge in [0.25, 0.3) is 0 Å². The molecular formula is C25H21NO2. The minimum absolute atomic E-state index is 0.157. The van der Waals surface area contributed by atoms with Crippen LogP contribution in [0, 0.1) is 5.92 Å². The zero-order valence-corrected chi connectivity index (χ0v) is 15.4. The van der Waals surface area contributed by atoms with Crippen molar-refractivity contribution in [2.24, 2.45) is 5.92 Å². The molecule has 3 aromatic rings. The SMILES string of the molecule is O=C1C=CC(c2ccccc2)(c2ccccc2)CC1C(=O)Nc1ccccc1. The Kier molecular flexibility index (Phi) is 4.90. The first kappa shape index (κ1) is 17.9. The average Bonchev–Trinajstić information content (AvgIpc) is 2.76. The fraction of sp³-hybridized carbons (Fsp3) is 0.120. The third kappa shape index (κ3) is 3.39. The monoisotopic (exact) mass is 367 g/mol. The van der Waals surface area contributed by atoms with Gasteiger partial charge < -0.3 is 5.32 Å². The maximum atomic E-state index is 13.0. The van der Waals surface area contributed by atoms with Gasteiger partial charge in [0.05, 0.1) is 0 Å². The summed E-state index contributed by atoms with van der Waals surface area (Å²) in [7, 11) is 0. The number of ketones is 1. The van der Waals surface area contributed by atoms with Crippen LogP contribution in [0.5, 0.6) is 0 Å². The Labute approximate surface area is 164 Å². The second-order valence-electron chi connectivity index (χ2n) is 7.05. The fourth-order valence-corrected chi connectivity index (χ4v) is 3.87. The van der Waals surface area contributed by atoms with Crippen molar-refractivity contribution in [1.29, 1.82) is 0 Å². The first-order chi connectivity index (χ1) is 13.7. The van der Waals surface area contributed by atoms with E-state index in [1.165, 1.54) is 0 Å². The molecule has 0 bridgehead atoms. The smallest absolute Gasteiger partial charge is 0.235 e. The molecule has 1 unspecified atom stereocenters. The van der Waals surface area contributed by atoms with Gasteiger partial charge in [-0.2, -0.15) is 0 Å². The van der Waals surface area contributed by atoms with Gasteiger partial charge in [0.1, 0.15) is 5.92 Å². The zero-order chi connectivity index (χ0) is 19.4. The van der Waals surface area contributed by atoms with Gasteiger partial charge in [-0.1, -0.05) is 84.9 Å². The molecule has 3 aromatic carbocycles. The summed E-state index contributed by atoms with van der Waals surface area (Å²) in [5, 5.41) is 2.89. The lowest BCUT2D eigenvalue weighted by molar-refractivity contribution is -0.129. The molecule has 3 nitrogen and oxygen atoms in total. The molecule has 3 heteroatoms. The molecule has 0 saturated carbocycles. The number of benzene rings is 3. The Bertz CT molecular complexity index is 955. The molecule has 1 aliphatic carbocycles. The summed E-state index contributed by atoms with van der Waals surface area (Å²) in [5.74, 6) is -1.17. The van der Waals surface area contributed by atoms with Crippen molar-refractivity contribution < 1.29 is 9.59 Å². The first-order valence-corrected chi connectivity index (χ1v) is 9.39. The molecule has 0 aromatic heterocycles. The van der Waals surface area contributed by atoms with Crippen LogP contribution in [0.25, 0.3) is 0 Å². The van der Waals surface area contributed by atoms with Crippen molar-refractivity contribution >= 4 is 17.4 Å². The Morgan fingerprint density at radius 2 is 1.29 bits per heavy atom. The van der Waals surface area contributed by atoms with Crippen LogP contribution in [0.3, 0.4) is 0 Å². The molecule has 1 N–H and O–H groups in total. The van der Waals surface area contributed by atoms with E-state index in [4.69, 9.17) is 0 Å². The topological polar surface area (TPSA) is 46.2 Å². The van der Waals surface area contributed by atoms with Crippen molar-refractivity contribution in [2.45, 2.75) is 11.8 Å². The maximum Gasteiger partial charge on any atom is 0.235 e. The second kappa shape index (κ2) is 7.65. The van der Waals surface area contributed by atoms with Gasteiger partial charge in [0.15, 0.2) is 5.78 Å². The summed E-state index contributed by atoms with van der Waals surface area (Å²) in [4.78, 5) is 25.6. The normalized spacial score (nSPS) is 17.9. The highest BCUT2D eigenvalue weighted by Gasteiger charge is 2.42. The zero-order valence-electron chi connectivity index (χ0n) is 15.4. The number of para-hydroxylation sites is 1. The van der Waals surface area contributed by atoms with Crippen LogP contribution >= 0.6 is 0 Å². The van der Waals surface area contributed by atoms with Gasteiger partial charge in [-0.15, -0.1) is 0 Å². The number of anilines is 1. The van der Waals surface area contributed by atoms with E-state index in [0.717, 1.165) is 11.1 Å². The lowest BCUT2D eigenvalue weighted by Crippen LogP contribution is -2.40. The molecule has 28 heavy (non-hydrogen) atoms. The molecule has 0 aliphatic heterocycles. The average molecular weight is 367 g/mol. The molecule has 0 fully saturated rings. The Hall–Kier alpha value is -3.46. The highest BCUT2D eigenvalue weighted by Crippen LogP contribution is 2.42. The van der Waals surface area contributed by atoms with Gasteiger partial charge in [-0.25, -0.2) is 0 Å². The molecule has 4 rings (SSSR count). The molecule has 0 spiro atoms. The van der Waals surface area contributed by atoms with Crippen molar-refractivity contribution in [2.75, 3.05) is 5.32 Å². The first-order valence-electron chi connectivity index (χ1n) is 9.39. The van der Waals surface area contributed by atoms with Crippen LogP contribution < -0.4 is 5.32 Å². The Balaban J connectivity index is 1.73. The molecule has 0 radical (unpaired) electrons. The second-order valence-corrected chi connectivity index (χ2v) is 7.05. The lowest BCUT2D eigenvalue weighted by atomic mass is 9.65. The van der Waals surface area contributed by atoms with Crippen LogP contribution in [-0.4, -0.2) is 11.7 Å². The quantitative estimate of drug-likeness (QED) is 0.676. The molecule has 1 aliphatic rings. The van der Waals surface area contributed by atoms with E-state index in [2.05, 4.69) is 29.6 Å². The molecule has 1 amide bonds. The van der Waals surface area contributed by atoms with Crippen molar-refractivity contribution in [3.8, 4) is 0 Å². The summed E-state index contributed by atoms with van der Waals surface area (Å²) >= 11 is 0. The van der Waals surface area contributed by atoms with Crippen molar-refractivity contribution in [3.63, 3.8) is 0 Å². The number of hydrogen-bond donors (Lipinski definition) is 1. The largest absolute Gasteiger partial charge is 0.325 e. The summed E-state index contributed by atoms with van der Waals surface area (Å²) in [6, 6.07) is 29.4. The van der Waals surface area contributed by atoms with E-state index >= 15 is 0 Å². The van der Waals surface area contributed by atoms with Crippen LogP contribution in [0.2, 0.25) is 0 Å². The highest BCUT2D eigenvalue weighted by molar-refractivity contribution is 6.12. The maximum absolute atomic E-state index is 13.0. The van der Waals surface area contributed by atoms with Crippen molar-refractivity contribution in [1.82, 2.24) is 0 Å². The van der Waals surface area contributed by atoms with Gasteiger partial charge in [0, 0.05) is 11.1 Å². The van der Waals surface area contributed by atoms with E-state index in [-0.39, 0.29) is 11.7 Å². The van der Waals surface area contributed by atoms with Gasteiger partial charge >= 0.3 is 0 Å². The third-order valence-corrected chi connectivity index (χ3v) is 5.34. The standard InChI is InChI=1S/C25H21NO2/c27-23-16-17-25(19-10-4-1-5-11-19,20-12-6-2-7-13-20)18-22(23)24(28)26-21-14-8-3-9-15-21/h1-17,22H,18H2,(H,26,28). The van der Waals surface area contributed by atoms with Crippen LogP contribution in [-0.2, 0) is 15.0 Å². The van der Waals surface area contributed by atoms with Crippen LogP contribution in [0.4, 0.5) is 5.69 Å². The molecular weight excluding hydrogens is 346 g/mol. The summed E-state index contributed by atoms with van der Waals surface area (Å²) in [6.07, 6.45) is 3.92. The number of carbonyl (C=O) groups is 2. The van der Waals surface area contributed by atoms with Crippen LogP contribution in [0.1, 0.15) is 17.5 Å². The van der Waals surface area contributed by atoms with Gasteiger partial charge in [0.2, 0.25) is 5.91 Å². The summed E-state index contributed by atoms with van der Waals surface area (Å²) in [6.45, 7) is 0. The molecule has 1 atom stereocenters. The lowest BCUT2D eigenvalue weighted by Gasteiger charge is -2.37. The number of hydrogen-bond acceptors (Lipinski definition) is 2. The van der Waals surface area contributed by atoms with E-state index in [9.17, 15) is 9.59 Å². The van der Waals surface area contributed by atoms with Gasteiger partial charge in [-0.05, 0) is 35.8 Å². The number of nitrogens with one attached hydrogen (secondary N) is 1. The Morgan fingerprint density at radius 3 is 1.82 bits per heavy atom. The minimum Gasteiger partial charge on any atom is -0.325 e. The van der Waals surface area contributed by atoms with Crippen LogP contribution in [0.15, 0.2) is 103 Å². The fourth-order valence-electron chi connectivity index (χ4n) is 3.87. The van der Waals surface area contributed by atoms with E-state index in [1.54, 1.807) is 6.08 Å². The third-order valence-electron chi connectivity index (χ3n) is 5.34. The minimum atomic E-state index is -0.745. The number of allylic oxidation sites excluding steroid dienone is 2. The predicted octanol–water partition coefficient (Wildman–Crippen LogP) is 4.76. The predicted molar refractivity (Wildman–Crippen MR) is 111 cm³/mol. The number of rotatable bonds is 4. The van der Waals surface area contributed by atoms with E-state index < -0.39 is 11.3 Å². The highest BCUT2D eigenvalue weighted by atomic mass is 16.2.